The van der Waals surface area contributed by atoms with Crippen LogP contribution < -0.4 is 4.90 Å². The molecule has 0 saturated heterocycles. The van der Waals surface area contributed by atoms with E-state index in [0.717, 1.165) is 11.4 Å². The van der Waals surface area contributed by atoms with Gasteiger partial charge in [-0.3, -0.25) is 0 Å². The summed E-state index contributed by atoms with van der Waals surface area (Å²) in [4.78, 5) is 2.45. The van der Waals surface area contributed by atoms with E-state index >= 15 is 0 Å². The van der Waals surface area contributed by atoms with Gasteiger partial charge in [0.25, 0.3) is 0 Å². The lowest BCUT2D eigenvalue weighted by Gasteiger charge is -2.26. The molecular formula is C54H34N2S2. The Kier molecular flexibility index (Phi) is 7.62. The van der Waals surface area contributed by atoms with Crippen molar-refractivity contribution in [2.45, 2.75) is 0 Å². The van der Waals surface area contributed by atoms with Gasteiger partial charge in [-0.1, -0.05) is 140 Å². The second kappa shape index (κ2) is 13.3. The molecule has 2 nitrogen and oxygen atoms in total. The second-order valence-corrected chi connectivity index (χ2v) is 17.0. The molecule has 0 N–H and O–H groups in total. The lowest BCUT2D eigenvalue weighted by molar-refractivity contribution is 1.18. The van der Waals surface area contributed by atoms with Crippen LogP contribution in [0.25, 0.3) is 90.1 Å². The Bertz CT molecular complexity index is 3480. The molecule has 0 atom stereocenters. The van der Waals surface area contributed by atoms with Crippen molar-refractivity contribution in [1.29, 1.82) is 0 Å². The van der Waals surface area contributed by atoms with Crippen molar-refractivity contribution in [1.82, 2.24) is 4.57 Å². The van der Waals surface area contributed by atoms with E-state index in [9.17, 15) is 0 Å². The van der Waals surface area contributed by atoms with Crippen molar-refractivity contribution in [3.8, 4) is 27.9 Å². The van der Waals surface area contributed by atoms with E-state index in [1.807, 2.05) is 22.7 Å². The highest BCUT2D eigenvalue weighted by Gasteiger charge is 2.20. The second-order valence-electron chi connectivity index (χ2n) is 14.9. The third-order valence-corrected chi connectivity index (χ3v) is 13.9. The molecule has 0 spiro atoms. The number of fused-ring (bicyclic) bond motifs is 9. The van der Waals surface area contributed by atoms with E-state index in [2.05, 4.69) is 216 Å². The molecule has 0 saturated carbocycles. The maximum atomic E-state index is 2.45. The van der Waals surface area contributed by atoms with Gasteiger partial charge >= 0.3 is 0 Å². The molecule has 0 aliphatic rings. The fourth-order valence-corrected chi connectivity index (χ4v) is 11.3. The van der Waals surface area contributed by atoms with Gasteiger partial charge < -0.3 is 9.47 Å². The number of rotatable bonds is 6. The summed E-state index contributed by atoms with van der Waals surface area (Å²) in [5, 5.41) is 7.75. The first kappa shape index (κ1) is 33.2. The summed E-state index contributed by atoms with van der Waals surface area (Å²) in [6, 6.07) is 75.6. The summed E-state index contributed by atoms with van der Waals surface area (Å²) in [6.07, 6.45) is 0. The van der Waals surface area contributed by atoms with Crippen molar-refractivity contribution in [2.75, 3.05) is 4.90 Å². The standard InChI is InChI=1S/C54H34N2S2/c1-6-21-47(56-48-22-7-2-16-41(48)42-17-3-8-23-49(42)56)40(15-1)37-14-11-13-36(33-37)35-27-29-38(30-28-35)55(39-31-32-45-43-18-4-9-25-51(43)57-53(45)34-39)50-24-12-20-46-44-19-5-10-26-52(44)58-54(46)50/h1-34H. The molecule has 272 valence electrons. The molecule has 58 heavy (non-hydrogen) atoms. The third kappa shape index (κ3) is 5.23. The van der Waals surface area contributed by atoms with E-state index in [1.54, 1.807) is 0 Å². The third-order valence-electron chi connectivity index (χ3n) is 11.6. The fourth-order valence-electron chi connectivity index (χ4n) is 8.95. The van der Waals surface area contributed by atoms with Gasteiger partial charge in [0.2, 0.25) is 0 Å². The van der Waals surface area contributed by atoms with Gasteiger partial charge in [0.15, 0.2) is 0 Å². The molecule has 0 fully saturated rings. The van der Waals surface area contributed by atoms with Crippen molar-refractivity contribution < 1.29 is 0 Å². The molecule has 0 bridgehead atoms. The topological polar surface area (TPSA) is 8.17 Å². The molecule has 0 aliphatic heterocycles. The number of para-hydroxylation sites is 3. The minimum absolute atomic E-state index is 1.13. The molecule has 0 amide bonds. The van der Waals surface area contributed by atoms with Gasteiger partial charge in [-0.2, -0.15) is 0 Å². The molecule has 9 aromatic carbocycles. The zero-order valence-electron chi connectivity index (χ0n) is 31.3. The largest absolute Gasteiger partial charge is 0.309 e. The summed E-state index contributed by atoms with van der Waals surface area (Å²) < 4.78 is 7.63. The quantitative estimate of drug-likeness (QED) is 0.163. The predicted molar refractivity (Wildman–Crippen MR) is 252 cm³/mol. The highest BCUT2D eigenvalue weighted by atomic mass is 32.1. The number of anilines is 3. The van der Waals surface area contributed by atoms with Gasteiger partial charge in [-0.25, -0.2) is 0 Å². The Morgan fingerprint density at radius 3 is 1.69 bits per heavy atom. The predicted octanol–water partition coefficient (Wildman–Crippen LogP) is 16.3. The normalized spacial score (nSPS) is 11.8. The molecule has 12 rings (SSSR count). The zero-order valence-corrected chi connectivity index (χ0v) is 33.0. The van der Waals surface area contributed by atoms with Crippen LogP contribution in [0.2, 0.25) is 0 Å². The van der Waals surface area contributed by atoms with Crippen LogP contribution in [0.15, 0.2) is 206 Å². The van der Waals surface area contributed by atoms with E-state index in [0.29, 0.717) is 0 Å². The molecule has 0 aliphatic carbocycles. The zero-order chi connectivity index (χ0) is 38.2. The van der Waals surface area contributed by atoms with Crippen molar-refractivity contribution in [3.63, 3.8) is 0 Å². The van der Waals surface area contributed by atoms with Crippen molar-refractivity contribution in [2.24, 2.45) is 0 Å². The van der Waals surface area contributed by atoms with Crippen LogP contribution in [-0.2, 0) is 0 Å². The van der Waals surface area contributed by atoms with Crippen LogP contribution in [0.4, 0.5) is 17.1 Å². The van der Waals surface area contributed by atoms with Crippen LogP contribution in [0.3, 0.4) is 0 Å². The average Bonchev–Trinajstić information content (AvgIpc) is 3.97. The Morgan fingerprint density at radius 2 is 0.914 bits per heavy atom. The molecule has 3 aromatic heterocycles. The summed E-state index contributed by atoms with van der Waals surface area (Å²) in [5.74, 6) is 0. The van der Waals surface area contributed by atoms with E-state index in [4.69, 9.17) is 0 Å². The van der Waals surface area contributed by atoms with Crippen LogP contribution in [0, 0.1) is 0 Å². The molecule has 0 unspecified atom stereocenters. The first-order valence-electron chi connectivity index (χ1n) is 19.7. The van der Waals surface area contributed by atoms with Gasteiger partial charge in [-0.15, -0.1) is 22.7 Å². The lowest BCUT2D eigenvalue weighted by atomic mass is 9.97. The minimum Gasteiger partial charge on any atom is -0.309 e. The summed E-state index contributed by atoms with van der Waals surface area (Å²) >= 11 is 3.74. The molecule has 3 heterocycles. The van der Waals surface area contributed by atoms with Crippen LogP contribution in [-0.4, -0.2) is 4.57 Å². The van der Waals surface area contributed by atoms with Crippen LogP contribution >= 0.6 is 22.7 Å². The summed E-state index contributed by atoms with van der Waals surface area (Å²) in [5.41, 5.74) is 11.8. The minimum atomic E-state index is 1.13. The number of hydrogen-bond acceptors (Lipinski definition) is 3. The molecule has 12 aromatic rings. The number of thiophene rings is 2. The molecular weight excluding hydrogens is 741 g/mol. The first-order chi connectivity index (χ1) is 28.8. The highest BCUT2D eigenvalue weighted by Crippen LogP contribution is 2.47. The Morgan fingerprint density at radius 1 is 0.345 bits per heavy atom. The van der Waals surface area contributed by atoms with Crippen molar-refractivity contribution >= 4 is 102 Å². The van der Waals surface area contributed by atoms with E-state index < -0.39 is 0 Å². The van der Waals surface area contributed by atoms with Crippen LogP contribution in [0.1, 0.15) is 0 Å². The van der Waals surface area contributed by atoms with Gasteiger partial charge in [-0.05, 0) is 83.4 Å². The number of nitrogens with zero attached hydrogens (tertiary/aromatic N) is 2. The van der Waals surface area contributed by atoms with Gasteiger partial charge in [0.05, 0.1) is 27.1 Å². The Hall–Kier alpha value is -6.98. The number of benzene rings is 9. The summed E-state index contributed by atoms with van der Waals surface area (Å²) in [7, 11) is 0. The summed E-state index contributed by atoms with van der Waals surface area (Å²) in [6.45, 7) is 0. The van der Waals surface area contributed by atoms with Crippen molar-refractivity contribution in [3.05, 3.63) is 206 Å². The lowest BCUT2D eigenvalue weighted by Crippen LogP contribution is -2.09. The SMILES string of the molecule is c1cc(-c2ccc(N(c3ccc4c(c3)sc3ccccc34)c3cccc4c3sc3ccccc34)cc2)cc(-c2ccccc2-n2c3ccccc3c3ccccc32)c1. The highest BCUT2D eigenvalue weighted by molar-refractivity contribution is 7.26. The first-order valence-corrected chi connectivity index (χ1v) is 21.3. The Labute approximate surface area is 343 Å². The smallest absolute Gasteiger partial charge is 0.0640 e. The maximum Gasteiger partial charge on any atom is 0.0640 e. The van der Waals surface area contributed by atoms with E-state index in [1.165, 1.54) is 95.8 Å². The number of aromatic nitrogens is 1. The monoisotopic (exact) mass is 774 g/mol. The maximum absolute atomic E-state index is 2.45. The van der Waals surface area contributed by atoms with Gasteiger partial charge in [0, 0.05) is 63.4 Å². The number of hydrogen-bond donors (Lipinski definition) is 0. The molecule has 4 heteroatoms. The Balaban J connectivity index is 0.976. The molecule has 0 radical (unpaired) electrons. The van der Waals surface area contributed by atoms with E-state index in [-0.39, 0.29) is 0 Å². The average molecular weight is 775 g/mol. The van der Waals surface area contributed by atoms with Crippen LogP contribution in [0.5, 0.6) is 0 Å². The van der Waals surface area contributed by atoms with Gasteiger partial charge in [0.1, 0.15) is 0 Å². The fraction of sp³-hybridized carbons (Fsp3) is 0.